The summed E-state index contributed by atoms with van der Waals surface area (Å²) < 4.78 is 10.5. The summed E-state index contributed by atoms with van der Waals surface area (Å²) in [7, 11) is 0. The number of amidine groups is 1. The summed E-state index contributed by atoms with van der Waals surface area (Å²) in [6.45, 7) is 11.6. The fourth-order valence-corrected chi connectivity index (χ4v) is 5.47. The number of oxime groups is 1. The largest absolute Gasteiger partial charge is 0.409 e. The van der Waals surface area contributed by atoms with Gasteiger partial charge in [0.05, 0.1) is 35.7 Å². The van der Waals surface area contributed by atoms with Gasteiger partial charge in [0.2, 0.25) is 11.8 Å². The number of carbonyl (C=O) groups excluding carboxylic acids is 2. The number of likely N-dealkylation sites (tertiary alicyclic amines) is 2. The molecule has 4 heterocycles. The van der Waals surface area contributed by atoms with E-state index >= 15 is 0 Å². The number of aryl methyl sites for hydroxylation is 2. The smallest absolute Gasteiger partial charge is 0.234 e. The van der Waals surface area contributed by atoms with Crippen LogP contribution in [0.5, 0.6) is 0 Å². The first-order chi connectivity index (χ1) is 19.8. The first kappa shape index (κ1) is 32.6. The molecule has 2 aliphatic rings. The quantitative estimate of drug-likeness (QED) is 0.158. The monoisotopic (exact) mass is 587 g/mol. The van der Waals surface area contributed by atoms with Crippen LogP contribution in [0.4, 0.5) is 0 Å². The third-order valence-electron chi connectivity index (χ3n) is 7.50. The van der Waals surface area contributed by atoms with Crippen molar-refractivity contribution in [3.63, 3.8) is 0 Å². The molecule has 5 N–H and O–H groups in total. The van der Waals surface area contributed by atoms with E-state index in [1.165, 1.54) is 9.80 Å². The van der Waals surface area contributed by atoms with E-state index in [2.05, 4.69) is 21.5 Å². The van der Waals surface area contributed by atoms with Crippen LogP contribution in [0, 0.1) is 37.0 Å². The minimum atomic E-state index is -0.696. The van der Waals surface area contributed by atoms with Gasteiger partial charge in [-0.05, 0) is 25.7 Å². The molecule has 0 spiro atoms. The lowest BCUT2D eigenvalue weighted by atomic mass is 9.91. The number of hydrogen-bond donors (Lipinski definition) is 4. The summed E-state index contributed by atoms with van der Waals surface area (Å²) in [5, 5.41) is 48.1. The molecule has 6 atom stereocenters. The molecule has 14 nitrogen and oxygen atoms in total. The Labute approximate surface area is 244 Å². The Morgan fingerprint density at radius 3 is 1.81 bits per heavy atom. The standard InChI is InChI=1S/C14H22N4O4.C14H19N3O3/c1-7(2)12(11-4-8(3)17-22-11)14(20)18-6-9(19)5-10(18)13(15)16-21;1-8(2)13(12-4-9(3)16-20-12)14(19)17-7-11(18)5-10(17)6-15/h4,7,9-10,12,19,21H,5-6H2,1-3H3,(H2,15,16);4,8,10-11,13,18H,5,7H2,1-3H3/t9-,10+,12?;10-,11+,13?/m10/s1. The van der Waals surface area contributed by atoms with Crippen molar-refractivity contribution < 1.29 is 34.1 Å². The Hall–Kier alpha value is -3.96. The lowest BCUT2D eigenvalue weighted by Gasteiger charge is -2.28. The molecule has 2 saturated heterocycles. The molecule has 2 aromatic rings. The summed E-state index contributed by atoms with van der Waals surface area (Å²) in [6.07, 6.45) is -0.768. The first-order valence-corrected chi connectivity index (χ1v) is 14.0. The van der Waals surface area contributed by atoms with Crippen molar-refractivity contribution in [2.45, 2.75) is 90.5 Å². The van der Waals surface area contributed by atoms with Gasteiger partial charge in [-0.2, -0.15) is 5.26 Å². The van der Waals surface area contributed by atoms with Crippen molar-refractivity contribution in [2.75, 3.05) is 13.1 Å². The Balaban J connectivity index is 0.000000231. The zero-order valence-electron chi connectivity index (χ0n) is 24.8. The molecule has 2 fully saturated rings. The highest BCUT2D eigenvalue weighted by atomic mass is 16.5. The number of aromatic nitrogens is 2. The summed E-state index contributed by atoms with van der Waals surface area (Å²) in [4.78, 5) is 28.5. The Morgan fingerprint density at radius 1 is 0.952 bits per heavy atom. The molecule has 0 aromatic carbocycles. The number of nitrogens with zero attached hydrogens (tertiary/aromatic N) is 6. The zero-order chi connectivity index (χ0) is 31.3. The van der Waals surface area contributed by atoms with Gasteiger partial charge in [0.15, 0.2) is 5.84 Å². The molecule has 42 heavy (non-hydrogen) atoms. The fraction of sp³-hybridized carbons (Fsp3) is 0.643. The van der Waals surface area contributed by atoms with Crippen LogP contribution in [-0.4, -0.2) is 90.6 Å². The van der Waals surface area contributed by atoms with Crippen molar-refractivity contribution in [3.8, 4) is 6.07 Å². The molecule has 0 saturated carbocycles. The van der Waals surface area contributed by atoms with Crippen LogP contribution < -0.4 is 5.73 Å². The minimum absolute atomic E-state index is 0.0203. The number of rotatable bonds is 7. The third kappa shape index (κ3) is 7.27. The fourth-order valence-electron chi connectivity index (χ4n) is 5.47. The Bertz CT molecular complexity index is 1300. The second kappa shape index (κ2) is 13.8. The van der Waals surface area contributed by atoms with Gasteiger partial charge >= 0.3 is 0 Å². The van der Waals surface area contributed by atoms with E-state index in [1.54, 1.807) is 26.0 Å². The van der Waals surface area contributed by atoms with Crippen molar-refractivity contribution in [1.29, 1.82) is 5.26 Å². The number of nitriles is 1. The van der Waals surface area contributed by atoms with E-state index in [0.29, 0.717) is 23.6 Å². The van der Waals surface area contributed by atoms with E-state index in [1.807, 2.05) is 27.7 Å². The van der Waals surface area contributed by atoms with Crippen LogP contribution in [0.25, 0.3) is 0 Å². The van der Waals surface area contributed by atoms with Crippen LogP contribution >= 0.6 is 0 Å². The molecule has 230 valence electrons. The van der Waals surface area contributed by atoms with Gasteiger partial charge < -0.3 is 40.0 Å². The maximum absolute atomic E-state index is 12.9. The highest BCUT2D eigenvalue weighted by molar-refractivity contribution is 5.92. The molecule has 2 unspecified atom stereocenters. The number of nitrogens with two attached hydrogens (primary N) is 1. The molecular weight excluding hydrogens is 546 g/mol. The summed E-state index contributed by atoms with van der Waals surface area (Å²) in [5.74, 6) is -0.493. The first-order valence-electron chi connectivity index (χ1n) is 14.0. The van der Waals surface area contributed by atoms with Crippen molar-refractivity contribution in [3.05, 3.63) is 35.0 Å². The van der Waals surface area contributed by atoms with E-state index < -0.39 is 36.1 Å². The summed E-state index contributed by atoms with van der Waals surface area (Å²) >= 11 is 0. The average molecular weight is 588 g/mol. The van der Waals surface area contributed by atoms with Gasteiger partial charge in [-0.3, -0.25) is 9.59 Å². The van der Waals surface area contributed by atoms with E-state index in [0.717, 1.165) is 5.69 Å². The van der Waals surface area contributed by atoms with Crippen LogP contribution in [0.1, 0.15) is 75.3 Å². The topological polar surface area (TPSA) is 216 Å². The van der Waals surface area contributed by atoms with Crippen LogP contribution in [0.15, 0.2) is 26.3 Å². The van der Waals surface area contributed by atoms with Crippen LogP contribution in [0.3, 0.4) is 0 Å². The van der Waals surface area contributed by atoms with Gasteiger partial charge in [-0.1, -0.05) is 43.2 Å². The molecule has 4 rings (SSSR count). The predicted octanol–water partition coefficient (Wildman–Crippen LogP) is 1.64. The number of hydrogen-bond acceptors (Lipinski definition) is 11. The minimum Gasteiger partial charge on any atom is -0.409 e. The van der Waals surface area contributed by atoms with Gasteiger partial charge in [0, 0.05) is 38.1 Å². The molecule has 0 radical (unpaired) electrons. The number of amides is 2. The van der Waals surface area contributed by atoms with Crippen molar-refractivity contribution in [1.82, 2.24) is 20.1 Å². The average Bonchev–Trinajstić information content (AvgIpc) is 3.71. The van der Waals surface area contributed by atoms with E-state index in [4.69, 9.17) is 25.2 Å². The highest BCUT2D eigenvalue weighted by Crippen LogP contribution is 2.32. The van der Waals surface area contributed by atoms with Crippen LogP contribution in [-0.2, 0) is 9.59 Å². The van der Waals surface area contributed by atoms with Gasteiger partial charge in [0.1, 0.15) is 29.4 Å². The molecular formula is C28H41N7O7. The Kier molecular flexibility index (Phi) is 10.7. The Morgan fingerprint density at radius 2 is 1.40 bits per heavy atom. The number of aliphatic hydroxyl groups is 2. The number of aliphatic hydroxyl groups excluding tert-OH is 2. The van der Waals surface area contributed by atoms with Gasteiger partial charge in [-0.15, -0.1) is 0 Å². The number of carbonyl (C=O) groups is 2. The van der Waals surface area contributed by atoms with Crippen molar-refractivity contribution in [2.24, 2.45) is 22.7 Å². The molecule has 2 amide bonds. The third-order valence-corrected chi connectivity index (χ3v) is 7.50. The van der Waals surface area contributed by atoms with Crippen molar-refractivity contribution >= 4 is 17.6 Å². The normalized spacial score (nSPS) is 24.0. The second-order valence-corrected chi connectivity index (χ2v) is 11.6. The van der Waals surface area contributed by atoms with E-state index in [9.17, 15) is 19.8 Å². The van der Waals surface area contributed by atoms with Gasteiger partial charge in [0.25, 0.3) is 0 Å². The summed E-state index contributed by atoms with van der Waals surface area (Å²) in [6, 6.07) is 4.37. The van der Waals surface area contributed by atoms with Crippen LogP contribution in [0.2, 0.25) is 0 Å². The molecule has 0 bridgehead atoms. The second-order valence-electron chi connectivity index (χ2n) is 11.6. The molecule has 14 heteroatoms. The molecule has 2 aromatic heterocycles. The highest BCUT2D eigenvalue weighted by Gasteiger charge is 2.42. The lowest BCUT2D eigenvalue weighted by molar-refractivity contribution is -0.135. The maximum atomic E-state index is 12.9. The maximum Gasteiger partial charge on any atom is 0.234 e. The predicted molar refractivity (Wildman–Crippen MR) is 149 cm³/mol. The molecule has 2 aliphatic heterocycles. The summed E-state index contributed by atoms with van der Waals surface area (Å²) in [5.41, 5.74) is 7.06. The van der Waals surface area contributed by atoms with E-state index in [-0.39, 0.29) is 49.0 Å². The SMILES string of the molecule is Cc1cc(C(C(=O)N2C[C@H](O)C[C@H]2/C(N)=N/O)C(C)C)on1.Cc1cc(C(C(=O)N2C[C@H](O)C[C@H]2C#N)C(C)C)on1. The number of β-amino-alcohol motifs (C(OH)–C–C–N with tert-alkyl or cyclic N) is 2. The molecule has 0 aliphatic carbocycles. The lowest BCUT2D eigenvalue weighted by Crippen LogP contribution is -2.46. The zero-order valence-corrected chi connectivity index (χ0v) is 24.8. The van der Waals surface area contributed by atoms with Gasteiger partial charge in [-0.25, -0.2) is 0 Å².